The summed E-state index contributed by atoms with van der Waals surface area (Å²) in [6.45, 7) is -1.51. The molecule has 2 unspecified atom stereocenters. The number of allylic oxidation sites excluding steroid dienone is 2. The fraction of sp³-hybridized carbons (Fsp3) is 0.571. The summed E-state index contributed by atoms with van der Waals surface area (Å²) in [6, 6.07) is 0. The molecule has 0 aromatic heterocycles. The zero-order valence-corrected chi connectivity index (χ0v) is 6.06. The molecule has 0 aliphatic heterocycles. The average molecular weight is 180 g/mol. The smallest absolute Gasteiger partial charge is 0.307 e. The second kappa shape index (κ2) is 3.16. The monoisotopic (exact) mass is 180 g/mol. The molecule has 0 aromatic carbocycles. The van der Waals surface area contributed by atoms with Crippen LogP contribution in [0.25, 0.3) is 0 Å². The van der Waals surface area contributed by atoms with Crippen LogP contribution >= 0.6 is 0 Å². The summed E-state index contributed by atoms with van der Waals surface area (Å²) < 4.78 is 36.3. The van der Waals surface area contributed by atoms with Crippen LogP contribution in [-0.4, -0.2) is 17.8 Å². The summed E-state index contributed by atoms with van der Waals surface area (Å²) in [7, 11) is 0. The molecule has 0 heterocycles. The quantitative estimate of drug-likeness (QED) is 0.719. The highest BCUT2D eigenvalue weighted by molar-refractivity contribution is 5.74. The fourth-order valence-corrected chi connectivity index (χ4v) is 1.01. The van der Waals surface area contributed by atoms with Crippen LogP contribution in [0.15, 0.2) is 11.7 Å². The van der Waals surface area contributed by atoms with Crippen molar-refractivity contribution in [2.24, 2.45) is 11.8 Å². The molecule has 1 saturated carbocycles. The largest absolute Gasteiger partial charge is 0.481 e. The lowest BCUT2D eigenvalue weighted by molar-refractivity contribution is -0.138. The number of carbonyl (C=O) groups is 1. The normalized spacial score (nSPS) is 29.6. The van der Waals surface area contributed by atoms with Crippen LogP contribution < -0.4 is 0 Å². The first-order valence-electron chi connectivity index (χ1n) is 3.40. The molecule has 68 valence electrons. The third kappa shape index (κ3) is 1.60. The first kappa shape index (κ1) is 9.09. The molecule has 2 atom stereocenters. The van der Waals surface area contributed by atoms with Gasteiger partial charge in [0.15, 0.2) is 5.83 Å². The first-order valence-corrected chi connectivity index (χ1v) is 3.40. The number of hydrogen-bond acceptors (Lipinski definition) is 1. The number of carboxylic acid groups (broad SMARTS) is 1. The SMILES string of the molecule is O=C(O)C1CC1/C(F)=C(/F)CF. The topological polar surface area (TPSA) is 37.3 Å². The molecule has 1 aliphatic carbocycles. The van der Waals surface area contributed by atoms with E-state index in [1.807, 2.05) is 0 Å². The summed E-state index contributed by atoms with van der Waals surface area (Å²) in [4.78, 5) is 10.2. The second-order valence-electron chi connectivity index (χ2n) is 2.67. The Labute approximate surface area is 66.7 Å². The summed E-state index contributed by atoms with van der Waals surface area (Å²) in [5.74, 6) is -5.71. The molecule has 0 amide bonds. The van der Waals surface area contributed by atoms with E-state index in [0.717, 1.165) is 0 Å². The van der Waals surface area contributed by atoms with Crippen molar-refractivity contribution in [3.05, 3.63) is 11.7 Å². The highest BCUT2D eigenvalue weighted by atomic mass is 19.2. The van der Waals surface area contributed by atoms with Crippen molar-refractivity contribution in [3.8, 4) is 0 Å². The molecule has 5 heteroatoms. The maximum Gasteiger partial charge on any atom is 0.307 e. The van der Waals surface area contributed by atoms with Gasteiger partial charge in [-0.25, -0.2) is 13.2 Å². The second-order valence-corrected chi connectivity index (χ2v) is 2.67. The van der Waals surface area contributed by atoms with Crippen LogP contribution in [0.2, 0.25) is 0 Å². The number of carboxylic acids is 1. The summed E-state index contributed by atoms with van der Waals surface area (Å²) in [6.07, 6.45) is 0.0641. The molecule has 2 nitrogen and oxygen atoms in total. The molecular formula is C7H7F3O2. The van der Waals surface area contributed by atoms with Gasteiger partial charge in [-0.15, -0.1) is 0 Å². The van der Waals surface area contributed by atoms with Crippen molar-refractivity contribution >= 4 is 5.97 Å². The van der Waals surface area contributed by atoms with Crippen LogP contribution in [0, 0.1) is 11.8 Å². The molecule has 0 saturated heterocycles. The minimum Gasteiger partial charge on any atom is -0.481 e. The van der Waals surface area contributed by atoms with E-state index in [2.05, 4.69) is 0 Å². The Morgan fingerprint density at radius 3 is 2.33 bits per heavy atom. The van der Waals surface area contributed by atoms with Crippen molar-refractivity contribution in [2.75, 3.05) is 6.67 Å². The summed E-state index contributed by atoms with van der Waals surface area (Å²) in [5, 5.41) is 8.32. The molecular weight excluding hydrogens is 173 g/mol. The minimum atomic E-state index is -1.51. The average Bonchev–Trinajstić information content (AvgIpc) is 2.80. The van der Waals surface area contributed by atoms with Gasteiger partial charge in [0.25, 0.3) is 0 Å². The van der Waals surface area contributed by atoms with Gasteiger partial charge >= 0.3 is 5.97 Å². The van der Waals surface area contributed by atoms with E-state index >= 15 is 0 Å². The molecule has 12 heavy (non-hydrogen) atoms. The van der Waals surface area contributed by atoms with Gasteiger partial charge in [-0.3, -0.25) is 4.79 Å². The molecule has 1 N–H and O–H groups in total. The van der Waals surface area contributed by atoms with Gasteiger partial charge in [0.2, 0.25) is 0 Å². The van der Waals surface area contributed by atoms with Crippen molar-refractivity contribution in [2.45, 2.75) is 6.42 Å². The Kier molecular flexibility index (Phi) is 2.40. The maximum atomic E-state index is 12.6. The molecule has 1 rings (SSSR count). The van der Waals surface area contributed by atoms with Crippen molar-refractivity contribution < 1.29 is 23.1 Å². The fourth-order valence-electron chi connectivity index (χ4n) is 1.01. The third-order valence-corrected chi connectivity index (χ3v) is 1.81. The van der Waals surface area contributed by atoms with Gasteiger partial charge in [-0.05, 0) is 6.42 Å². The predicted molar refractivity (Wildman–Crippen MR) is 34.4 cm³/mol. The van der Waals surface area contributed by atoms with E-state index in [9.17, 15) is 18.0 Å². The Hall–Kier alpha value is -1.00. The lowest BCUT2D eigenvalue weighted by Crippen LogP contribution is -2.00. The van der Waals surface area contributed by atoms with Crippen LogP contribution in [0.1, 0.15) is 6.42 Å². The van der Waals surface area contributed by atoms with Crippen LogP contribution in [-0.2, 0) is 4.79 Å². The number of rotatable bonds is 3. The standard InChI is InChI=1S/C7H7F3O2/c8-2-5(9)6(10)3-1-4(3)7(11)12/h3-4H,1-2H2,(H,11,12)/b6-5-. The van der Waals surface area contributed by atoms with Gasteiger partial charge < -0.3 is 5.11 Å². The molecule has 1 fully saturated rings. The van der Waals surface area contributed by atoms with E-state index in [-0.39, 0.29) is 6.42 Å². The molecule has 0 radical (unpaired) electrons. The number of halogens is 3. The molecule has 0 aromatic rings. The highest BCUT2D eigenvalue weighted by Crippen LogP contribution is 2.46. The third-order valence-electron chi connectivity index (χ3n) is 1.81. The minimum absolute atomic E-state index is 0.0641. The van der Waals surface area contributed by atoms with Gasteiger partial charge in [0.1, 0.15) is 12.5 Å². The summed E-state index contributed by atoms with van der Waals surface area (Å²) >= 11 is 0. The summed E-state index contributed by atoms with van der Waals surface area (Å²) in [5.41, 5.74) is 0. The van der Waals surface area contributed by atoms with E-state index in [1.165, 1.54) is 0 Å². The van der Waals surface area contributed by atoms with Gasteiger partial charge in [-0.1, -0.05) is 0 Å². The predicted octanol–water partition coefficient (Wildman–Crippen LogP) is 1.83. The van der Waals surface area contributed by atoms with Crippen LogP contribution in [0.3, 0.4) is 0 Å². The number of aliphatic carboxylic acids is 1. The Bertz CT molecular complexity index is 237. The van der Waals surface area contributed by atoms with Crippen molar-refractivity contribution in [1.82, 2.24) is 0 Å². The van der Waals surface area contributed by atoms with E-state index < -0.39 is 36.1 Å². The molecule has 0 bridgehead atoms. The van der Waals surface area contributed by atoms with Gasteiger partial charge in [0, 0.05) is 5.92 Å². The van der Waals surface area contributed by atoms with Gasteiger partial charge in [-0.2, -0.15) is 0 Å². The van der Waals surface area contributed by atoms with E-state index in [4.69, 9.17) is 5.11 Å². The lowest BCUT2D eigenvalue weighted by atomic mass is 10.2. The van der Waals surface area contributed by atoms with Crippen molar-refractivity contribution in [3.63, 3.8) is 0 Å². The zero-order chi connectivity index (χ0) is 9.30. The number of alkyl halides is 1. The maximum absolute atomic E-state index is 12.6. The Morgan fingerprint density at radius 1 is 1.42 bits per heavy atom. The molecule has 1 aliphatic rings. The Balaban J connectivity index is 2.59. The number of hydrogen-bond donors (Lipinski definition) is 1. The highest BCUT2D eigenvalue weighted by Gasteiger charge is 2.47. The first-order chi connectivity index (χ1) is 5.57. The van der Waals surface area contributed by atoms with Gasteiger partial charge in [0.05, 0.1) is 5.92 Å². The molecule has 0 spiro atoms. The van der Waals surface area contributed by atoms with E-state index in [1.54, 1.807) is 0 Å². The van der Waals surface area contributed by atoms with E-state index in [0.29, 0.717) is 0 Å². The van der Waals surface area contributed by atoms with Crippen LogP contribution in [0.4, 0.5) is 13.2 Å². The van der Waals surface area contributed by atoms with Crippen molar-refractivity contribution in [1.29, 1.82) is 0 Å². The van der Waals surface area contributed by atoms with Crippen LogP contribution in [0.5, 0.6) is 0 Å². The zero-order valence-electron chi connectivity index (χ0n) is 6.06. The Morgan fingerprint density at radius 2 is 2.00 bits per heavy atom. The lowest BCUT2D eigenvalue weighted by Gasteiger charge is -1.93.